The van der Waals surface area contributed by atoms with Gasteiger partial charge in [-0.1, -0.05) is 39.3 Å². The molecule has 0 radical (unpaired) electrons. The van der Waals surface area contributed by atoms with Gasteiger partial charge in [0.25, 0.3) is 0 Å². The Kier molecular flexibility index (Phi) is 8.21. The number of carboxylic acids is 1. The number of rotatable bonds is 2. The molecule has 0 bridgehead atoms. The monoisotopic (exact) mass is 406 g/mol. The molecule has 0 saturated carbocycles. The van der Waals surface area contributed by atoms with E-state index in [1.54, 1.807) is 6.08 Å². The summed E-state index contributed by atoms with van der Waals surface area (Å²) in [5.41, 5.74) is -0.280. The molecule has 0 spiro atoms. The highest BCUT2D eigenvalue weighted by atomic mass is 35.5. The fourth-order valence-electron chi connectivity index (χ4n) is 2.58. The molecule has 2 heterocycles. The van der Waals surface area contributed by atoms with E-state index in [9.17, 15) is 18.0 Å². The van der Waals surface area contributed by atoms with Crippen molar-refractivity contribution in [2.45, 2.75) is 52.5 Å². The van der Waals surface area contributed by atoms with E-state index in [-0.39, 0.29) is 16.3 Å². The van der Waals surface area contributed by atoms with Gasteiger partial charge in [-0.3, -0.25) is 0 Å². The van der Waals surface area contributed by atoms with Crippen LogP contribution in [0.2, 0.25) is 5.02 Å². The van der Waals surface area contributed by atoms with Crippen LogP contribution < -0.4 is 4.74 Å². The van der Waals surface area contributed by atoms with Gasteiger partial charge in [0, 0.05) is 22.6 Å². The van der Waals surface area contributed by atoms with E-state index in [1.807, 2.05) is 27.7 Å². The van der Waals surface area contributed by atoms with Crippen LogP contribution in [0.5, 0.6) is 5.75 Å². The van der Waals surface area contributed by atoms with Gasteiger partial charge in [-0.2, -0.15) is 13.2 Å². The van der Waals surface area contributed by atoms with Gasteiger partial charge in [0.05, 0.1) is 11.8 Å². The van der Waals surface area contributed by atoms with Gasteiger partial charge >= 0.3 is 12.1 Å². The smallest absolute Gasteiger partial charge is 0.430 e. The number of hydrogen-bond donors (Lipinski definition) is 1. The highest BCUT2D eigenvalue weighted by Gasteiger charge is 2.49. The predicted molar refractivity (Wildman–Crippen MR) is 97.8 cm³/mol. The molecule has 1 N–H and O–H groups in total. The standard InChI is InChI=1S/C15H10ClF3O4.2C2H6/c16-9-3-4-10-7(12(9)11-2-1-5-22-11)6-8(14(20)21)13(23-10)15(17,18)19;2*1-2/h1,3-6,11,13H,2H2,(H,20,21);2*1-2H3. The molecule has 150 valence electrons. The SMILES string of the molecule is CC.CC.O=C(O)C1=Cc2c(ccc(Cl)c2C2CC=CO2)OC1C(F)(F)F. The third-order valence-electron chi connectivity index (χ3n) is 3.58. The Hall–Kier alpha value is -2.15. The van der Waals surface area contributed by atoms with Gasteiger partial charge < -0.3 is 14.6 Å². The van der Waals surface area contributed by atoms with Crippen LogP contribution >= 0.6 is 11.6 Å². The fraction of sp³-hybridized carbons (Fsp3) is 0.421. The number of alkyl halides is 3. The minimum Gasteiger partial charge on any atom is -0.493 e. The Balaban J connectivity index is 0.000000855. The molecule has 2 aliphatic rings. The number of hydrogen-bond acceptors (Lipinski definition) is 3. The van der Waals surface area contributed by atoms with Crippen molar-refractivity contribution in [3.05, 3.63) is 46.2 Å². The minimum atomic E-state index is -4.84. The van der Waals surface area contributed by atoms with Crippen molar-refractivity contribution >= 4 is 23.6 Å². The lowest BCUT2D eigenvalue weighted by Crippen LogP contribution is -2.40. The molecule has 1 aromatic rings. The van der Waals surface area contributed by atoms with Crippen molar-refractivity contribution in [2.75, 3.05) is 0 Å². The van der Waals surface area contributed by atoms with Crippen LogP contribution in [0.4, 0.5) is 13.2 Å². The number of carbonyl (C=O) groups is 1. The summed E-state index contributed by atoms with van der Waals surface area (Å²) in [6, 6.07) is 2.70. The van der Waals surface area contributed by atoms with E-state index in [0.717, 1.165) is 6.08 Å². The van der Waals surface area contributed by atoms with Crippen LogP contribution in [0.15, 0.2) is 30.0 Å². The zero-order chi connectivity index (χ0) is 20.8. The van der Waals surface area contributed by atoms with Gasteiger partial charge in [0.2, 0.25) is 6.10 Å². The van der Waals surface area contributed by atoms with Crippen LogP contribution in [0.25, 0.3) is 6.08 Å². The molecule has 0 amide bonds. The number of fused-ring (bicyclic) bond motifs is 1. The highest BCUT2D eigenvalue weighted by molar-refractivity contribution is 6.31. The molecular weight excluding hydrogens is 385 g/mol. The van der Waals surface area contributed by atoms with Crippen LogP contribution in [0, 0.1) is 0 Å². The van der Waals surface area contributed by atoms with Crippen molar-refractivity contribution in [3.63, 3.8) is 0 Å². The molecule has 0 saturated heterocycles. The zero-order valence-electron chi connectivity index (χ0n) is 15.4. The van der Waals surface area contributed by atoms with Crippen LogP contribution in [-0.2, 0) is 9.53 Å². The third kappa shape index (κ3) is 4.97. The molecule has 27 heavy (non-hydrogen) atoms. The first kappa shape index (κ1) is 22.9. The normalized spacial score (nSPS) is 19.9. The van der Waals surface area contributed by atoms with Gasteiger partial charge in [-0.25, -0.2) is 4.79 Å². The fourth-order valence-corrected chi connectivity index (χ4v) is 2.86. The van der Waals surface area contributed by atoms with Gasteiger partial charge in [0.15, 0.2) is 0 Å². The first-order valence-electron chi connectivity index (χ1n) is 8.60. The first-order chi connectivity index (χ1) is 12.8. The quantitative estimate of drug-likeness (QED) is 0.639. The second-order valence-electron chi connectivity index (χ2n) is 5.05. The second-order valence-corrected chi connectivity index (χ2v) is 5.46. The predicted octanol–water partition coefficient (Wildman–Crippen LogP) is 6.16. The average Bonchev–Trinajstić information content (AvgIpc) is 3.17. The highest BCUT2D eigenvalue weighted by Crippen LogP contribution is 2.44. The summed E-state index contributed by atoms with van der Waals surface area (Å²) in [5.74, 6) is -1.78. The van der Waals surface area contributed by atoms with E-state index >= 15 is 0 Å². The number of halogens is 4. The van der Waals surface area contributed by atoms with Crippen molar-refractivity contribution < 1.29 is 32.5 Å². The lowest BCUT2D eigenvalue weighted by Gasteiger charge is -2.29. The van der Waals surface area contributed by atoms with E-state index in [0.29, 0.717) is 12.0 Å². The second kappa shape index (κ2) is 9.69. The zero-order valence-corrected chi connectivity index (χ0v) is 16.2. The topological polar surface area (TPSA) is 55.8 Å². The Morgan fingerprint density at radius 3 is 2.33 bits per heavy atom. The third-order valence-corrected chi connectivity index (χ3v) is 3.91. The molecule has 2 atom stereocenters. The Morgan fingerprint density at radius 1 is 1.22 bits per heavy atom. The summed E-state index contributed by atoms with van der Waals surface area (Å²) in [5, 5.41) is 9.37. The number of ether oxygens (including phenoxy) is 2. The summed E-state index contributed by atoms with van der Waals surface area (Å²) in [7, 11) is 0. The van der Waals surface area contributed by atoms with E-state index in [4.69, 9.17) is 26.2 Å². The van der Waals surface area contributed by atoms with Crippen LogP contribution in [0.3, 0.4) is 0 Å². The Labute approximate surface area is 161 Å². The number of benzene rings is 1. The Morgan fingerprint density at radius 2 is 1.85 bits per heavy atom. The average molecular weight is 407 g/mol. The molecule has 0 aromatic heterocycles. The van der Waals surface area contributed by atoms with Crippen molar-refractivity contribution in [1.82, 2.24) is 0 Å². The molecular formula is C19H22ClF3O4. The molecule has 3 rings (SSSR count). The molecule has 1 aromatic carbocycles. The van der Waals surface area contributed by atoms with E-state index < -0.39 is 29.9 Å². The van der Waals surface area contributed by atoms with Crippen molar-refractivity contribution in [1.29, 1.82) is 0 Å². The van der Waals surface area contributed by atoms with Crippen molar-refractivity contribution in [3.8, 4) is 5.75 Å². The lowest BCUT2D eigenvalue weighted by molar-refractivity contribution is -0.187. The molecule has 0 aliphatic carbocycles. The summed E-state index contributed by atoms with van der Waals surface area (Å²) in [6.07, 6.45) is -3.21. The maximum atomic E-state index is 13.0. The van der Waals surface area contributed by atoms with Crippen molar-refractivity contribution in [2.24, 2.45) is 0 Å². The van der Waals surface area contributed by atoms with Gasteiger partial charge in [0.1, 0.15) is 11.9 Å². The van der Waals surface area contributed by atoms with Crippen LogP contribution in [-0.4, -0.2) is 23.4 Å². The summed E-state index contributed by atoms with van der Waals surface area (Å²) >= 11 is 6.13. The van der Waals surface area contributed by atoms with E-state index in [2.05, 4.69) is 0 Å². The number of aliphatic carboxylic acids is 1. The van der Waals surface area contributed by atoms with Gasteiger partial charge in [-0.05, 0) is 24.3 Å². The van der Waals surface area contributed by atoms with Crippen LogP contribution in [0.1, 0.15) is 51.3 Å². The maximum Gasteiger partial charge on any atom is 0.430 e. The molecule has 2 unspecified atom stereocenters. The summed E-state index contributed by atoms with van der Waals surface area (Å²) in [6.45, 7) is 8.00. The molecule has 0 fully saturated rings. The van der Waals surface area contributed by atoms with E-state index in [1.165, 1.54) is 18.4 Å². The Bertz CT molecular complexity index is 718. The maximum absolute atomic E-state index is 13.0. The minimum absolute atomic E-state index is 0.0766. The molecule has 2 aliphatic heterocycles. The molecule has 8 heteroatoms. The molecule has 4 nitrogen and oxygen atoms in total. The summed E-state index contributed by atoms with van der Waals surface area (Å²) < 4.78 is 49.4. The first-order valence-corrected chi connectivity index (χ1v) is 8.98. The lowest BCUT2D eigenvalue weighted by atomic mass is 9.94. The van der Waals surface area contributed by atoms with Gasteiger partial charge in [-0.15, -0.1) is 0 Å². The number of carboxylic acid groups (broad SMARTS) is 1. The summed E-state index contributed by atoms with van der Waals surface area (Å²) in [4.78, 5) is 11.2. The largest absolute Gasteiger partial charge is 0.493 e.